The number of piperazine rings is 1. The Balaban J connectivity index is 1.61. The molecule has 0 saturated carbocycles. The molecule has 3 heterocycles. The molecule has 8 nitrogen and oxygen atoms in total. The molecule has 14 heteroatoms. The minimum absolute atomic E-state index is 0.0612. The Kier molecular flexibility index (Phi) is 7.86. The number of halogens is 5. The summed E-state index contributed by atoms with van der Waals surface area (Å²) >= 11 is 12.6. The second-order valence-corrected chi connectivity index (χ2v) is 13.2. The summed E-state index contributed by atoms with van der Waals surface area (Å²) in [5.74, 6) is -0.242. The molecule has 0 radical (unpaired) electrons. The van der Waals surface area contributed by atoms with E-state index in [1.54, 1.807) is 0 Å². The first-order valence-electron chi connectivity index (χ1n) is 12.8. The highest BCUT2D eigenvalue weighted by Crippen LogP contribution is 2.39. The highest BCUT2D eigenvalue weighted by molar-refractivity contribution is 7.91. The third-order valence-electron chi connectivity index (χ3n) is 7.74. The van der Waals surface area contributed by atoms with Crippen LogP contribution in [0, 0.1) is 0 Å². The summed E-state index contributed by atoms with van der Waals surface area (Å²) in [7, 11) is -3.76. The molecule has 1 aromatic heterocycles. The van der Waals surface area contributed by atoms with E-state index >= 15 is 0 Å². The molecule has 40 heavy (non-hydrogen) atoms. The number of aromatic amines is 1. The molecule has 0 aliphatic carbocycles. The van der Waals surface area contributed by atoms with Crippen molar-refractivity contribution in [1.29, 1.82) is 0 Å². The fraction of sp³-hybridized carbons (Fsp3) is 0.462. The van der Waals surface area contributed by atoms with Gasteiger partial charge in [0.25, 0.3) is 5.56 Å². The number of hydrogen-bond donors (Lipinski definition) is 1. The molecular weight excluding hydrogens is 592 g/mol. The third kappa shape index (κ3) is 5.44. The molecule has 0 amide bonds. The van der Waals surface area contributed by atoms with E-state index in [-0.39, 0.29) is 49.9 Å². The summed E-state index contributed by atoms with van der Waals surface area (Å²) in [6.07, 6.45) is -2.78. The molecule has 216 valence electrons. The summed E-state index contributed by atoms with van der Waals surface area (Å²) in [6, 6.07) is 4.94. The Hall–Kier alpha value is -2.38. The number of nitrogens with zero attached hydrogens (tertiary/aromatic N) is 3. The molecule has 0 spiro atoms. The van der Waals surface area contributed by atoms with Crippen LogP contribution in [0.4, 0.5) is 13.2 Å². The number of nitrogens with one attached hydrogen (secondary N) is 1. The Labute approximate surface area is 238 Å². The van der Waals surface area contributed by atoms with Gasteiger partial charge in [0.2, 0.25) is 0 Å². The maximum atomic E-state index is 14.3. The normalized spacial score (nSPS) is 18.9. The van der Waals surface area contributed by atoms with E-state index in [0.29, 0.717) is 17.7 Å². The van der Waals surface area contributed by atoms with Gasteiger partial charge < -0.3 is 4.98 Å². The number of alkyl halides is 3. The van der Waals surface area contributed by atoms with Gasteiger partial charge in [-0.3, -0.25) is 19.2 Å². The first-order chi connectivity index (χ1) is 18.8. The molecule has 5 rings (SSSR count). The Morgan fingerprint density at radius 2 is 1.82 bits per heavy atom. The Bertz CT molecular complexity index is 1710. The number of H-pyrrole nitrogens is 1. The lowest BCUT2D eigenvalue weighted by Crippen LogP contribution is -2.49. The second kappa shape index (κ2) is 10.8. The maximum Gasteiger partial charge on any atom is 0.416 e. The van der Waals surface area contributed by atoms with Crippen molar-refractivity contribution < 1.29 is 21.6 Å². The first-order valence-corrected chi connectivity index (χ1v) is 15.2. The topological polar surface area (TPSA) is 95.5 Å². The summed E-state index contributed by atoms with van der Waals surface area (Å²) in [6.45, 7) is 3.74. The Morgan fingerprint density at radius 3 is 2.52 bits per heavy atom. The molecule has 3 aromatic rings. The average molecular weight is 619 g/mol. The molecule has 1 atom stereocenters. The van der Waals surface area contributed by atoms with Crippen molar-refractivity contribution in [2.24, 2.45) is 0 Å². The zero-order valence-corrected chi connectivity index (χ0v) is 23.9. The minimum atomic E-state index is -4.81. The lowest BCUT2D eigenvalue weighted by Gasteiger charge is -2.38. The van der Waals surface area contributed by atoms with Crippen LogP contribution in [0.1, 0.15) is 36.5 Å². The fourth-order valence-electron chi connectivity index (χ4n) is 5.67. The number of fused-ring (bicyclic) bond motifs is 2. The zero-order chi connectivity index (χ0) is 29.0. The smallest absolute Gasteiger partial charge is 0.305 e. The van der Waals surface area contributed by atoms with Crippen molar-refractivity contribution in [1.82, 2.24) is 19.4 Å². The highest BCUT2D eigenvalue weighted by Gasteiger charge is 2.38. The fourth-order valence-corrected chi connectivity index (χ4v) is 7.28. The molecule has 2 aliphatic rings. The predicted octanol–water partition coefficient (Wildman–Crippen LogP) is 4.14. The molecule has 2 aliphatic heterocycles. The van der Waals surface area contributed by atoms with Gasteiger partial charge in [0.05, 0.1) is 38.7 Å². The third-order valence-corrected chi connectivity index (χ3v) is 10.2. The maximum absolute atomic E-state index is 14.3. The van der Waals surface area contributed by atoms with E-state index < -0.39 is 44.8 Å². The van der Waals surface area contributed by atoms with E-state index in [9.17, 15) is 31.2 Å². The molecule has 2 aromatic carbocycles. The summed E-state index contributed by atoms with van der Waals surface area (Å²) in [5, 5.41) is -0.596. The molecule has 2 saturated heterocycles. The van der Waals surface area contributed by atoms with E-state index in [2.05, 4.69) is 9.88 Å². The molecule has 1 N–H and O–H groups in total. The van der Waals surface area contributed by atoms with Crippen LogP contribution < -0.4 is 11.2 Å². The van der Waals surface area contributed by atoms with Crippen molar-refractivity contribution in [3.05, 3.63) is 71.8 Å². The predicted molar refractivity (Wildman–Crippen MR) is 147 cm³/mol. The van der Waals surface area contributed by atoms with Crippen LogP contribution in [-0.2, 0) is 29.1 Å². The quantitative estimate of drug-likeness (QED) is 0.446. The van der Waals surface area contributed by atoms with Gasteiger partial charge in [-0.2, -0.15) is 13.2 Å². The average Bonchev–Trinajstić information content (AvgIpc) is 3.35. The van der Waals surface area contributed by atoms with E-state index in [1.165, 1.54) is 25.1 Å². The van der Waals surface area contributed by atoms with Crippen molar-refractivity contribution in [2.75, 3.05) is 31.9 Å². The minimum Gasteiger partial charge on any atom is -0.305 e. The van der Waals surface area contributed by atoms with E-state index in [1.807, 2.05) is 4.90 Å². The standard InChI is InChI=1S/C26H27Cl2F3N4O4S/c1-2-40(38,39)21-6-5-16(27)10-15(21)12-35-24(36)18-11-20(26(29,30)31)19(22(28)23(18)32-25(35)37)14-33-8-9-34-7-3-4-17(34)13-33/h5-6,10-11,17H,2-4,7-9,12-14H2,1H3,(H,32,37)/t17-/m1/s1. The van der Waals surface area contributed by atoms with Crippen LogP contribution >= 0.6 is 23.2 Å². The first kappa shape index (κ1) is 29.1. The van der Waals surface area contributed by atoms with Gasteiger partial charge in [0.1, 0.15) is 0 Å². The number of aromatic nitrogens is 2. The second-order valence-electron chi connectivity index (χ2n) is 10.2. The van der Waals surface area contributed by atoms with Gasteiger partial charge in [-0.15, -0.1) is 0 Å². The monoisotopic (exact) mass is 618 g/mol. The highest BCUT2D eigenvalue weighted by atomic mass is 35.5. The number of hydrogen-bond acceptors (Lipinski definition) is 6. The molecular formula is C26H27Cl2F3N4O4S. The molecule has 2 fully saturated rings. The summed E-state index contributed by atoms with van der Waals surface area (Å²) in [5.41, 5.74) is -3.35. The van der Waals surface area contributed by atoms with E-state index in [4.69, 9.17) is 23.2 Å². The van der Waals surface area contributed by atoms with Gasteiger partial charge in [-0.05, 0) is 54.8 Å². The van der Waals surface area contributed by atoms with Gasteiger partial charge in [-0.1, -0.05) is 30.1 Å². The van der Waals surface area contributed by atoms with Gasteiger partial charge in [-0.25, -0.2) is 13.2 Å². The summed E-state index contributed by atoms with van der Waals surface area (Å²) in [4.78, 5) is 33.1. The van der Waals surface area contributed by atoms with Gasteiger partial charge >= 0.3 is 11.9 Å². The number of sulfone groups is 1. The van der Waals surface area contributed by atoms with Crippen LogP contribution in [0.15, 0.2) is 38.8 Å². The molecule has 0 unspecified atom stereocenters. The molecule has 0 bridgehead atoms. The zero-order valence-electron chi connectivity index (χ0n) is 21.5. The lowest BCUT2D eigenvalue weighted by molar-refractivity contribution is -0.138. The van der Waals surface area contributed by atoms with Crippen LogP contribution in [-0.4, -0.2) is 65.7 Å². The van der Waals surface area contributed by atoms with Crippen LogP contribution in [0.3, 0.4) is 0 Å². The largest absolute Gasteiger partial charge is 0.416 e. The van der Waals surface area contributed by atoms with Crippen LogP contribution in [0.2, 0.25) is 10.0 Å². The van der Waals surface area contributed by atoms with Gasteiger partial charge in [0.15, 0.2) is 9.84 Å². The van der Waals surface area contributed by atoms with Gasteiger partial charge in [0, 0.05) is 37.2 Å². The van der Waals surface area contributed by atoms with Crippen molar-refractivity contribution in [3.63, 3.8) is 0 Å². The number of rotatable bonds is 6. The summed E-state index contributed by atoms with van der Waals surface area (Å²) < 4.78 is 68.8. The SMILES string of the molecule is CCS(=O)(=O)c1ccc(Cl)cc1Cn1c(=O)[nH]c2c(Cl)c(CN3CCN4CCC[C@@H]4C3)c(C(F)(F)F)cc2c1=O. The Morgan fingerprint density at radius 1 is 1.07 bits per heavy atom. The van der Waals surface area contributed by atoms with Crippen molar-refractivity contribution in [2.45, 2.75) is 50.0 Å². The lowest BCUT2D eigenvalue weighted by atomic mass is 10.0. The van der Waals surface area contributed by atoms with Crippen molar-refractivity contribution in [3.8, 4) is 0 Å². The number of benzene rings is 2. The van der Waals surface area contributed by atoms with Crippen molar-refractivity contribution >= 4 is 43.9 Å². The van der Waals surface area contributed by atoms with Crippen LogP contribution in [0.5, 0.6) is 0 Å². The van der Waals surface area contributed by atoms with Crippen LogP contribution in [0.25, 0.3) is 10.9 Å². The van der Waals surface area contributed by atoms with E-state index in [0.717, 1.165) is 32.0 Å².